The summed E-state index contributed by atoms with van der Waals surface area (Å²) in [6, 6.07) is 9.74. The fourth-order valence-electron chi connectivity index (χ4n) is 1.85. The van der Waals surface area contributed by atoms with Crippen LogP contribution in [0.5, 0.6) is 5.75 Å². The van der Waals surface area contributed by atoms with E-state index in [-0.39, 0.29) is 21.4 Å². The Morgan fingerprint density at radius 2 is 1.39 bits per heavy atom. The highest BCUT2D eigenvalue weighted by Crippen LogP contribution is 2.33. The molecule has 0 aromatic heterocycles. The van der Waals surface area contributed by atoms with Crippen molar-refractivity contribution in [2.45, 2.75) is 6.92 Å². The Balaban J connectivity index is 2.05. The highest BCUT2D eigenvalue weighted by atomic mass is 35.5. The minimum Gasteiger partial charge on any atom is -0.494 e. The molecule has 0 bridgehead atoms. The predicted molar refractivity (Wildman–Crippen MR) is 89.1 cm³/mol. The molecular weight excluding hydrogens is 339 g/mol. The number of rotatable bonds is 3. The second kappa shape index (κ2) is 7.35. The van der Waals surface area contributed by atoms with E-state index in [9.17, 15) is 9.59 Å². The molecule has 0 heterocycles. The average Bonchev–Trinajstić information content (AvgIpc) is 2.52. The lowest BCUT2D eigenvalue weighted by molar-refractivity contribution is 0.0846. The lowest BCUT2D eigenvalue weighted by atomic mass is 10.1. The molecule has 0 radical (unpaired) electrons. The van der Waals surface area contributed by atoms with Crippen LogP contribution in [0.3, 0.4) is 0 Å². The van der Waals surface area contributed by atoms with Crippen LogP contribution in [0.25, 0.3) is 0 Å². The number of aryl methyl sites for hydroxylation is 1. The third-order valence-corrected chi connectivity index (χ3v) is 3.63. The van der Waals surface area contributed by atoms with Crippen LogP contribution in [-0.4, -0.2) is 18.9 Å². The number of carbonyl (C=O) groups excluding carboxylic acids is 2. The normalized spacial score (nSPS) is 10.1. The van der Waals surface area contributed by atoms with Gasteiger partial charge in [0.1, 0.15) is 0 Å². The topological polar surface area (TPSA) is 67.4 Å². The maximum Gasteiger partial charge on any atom is 0.269 e. The highest BCUT2D eigenvalue weighted by molar-refractivity contribution is 6.37. The van der Waals surface area contributed by atoms with Crippen molar-refractivity contribution >= 4 is 35.0 Å². The molecule has 0 fully saturated rings. The zero-order chi connectivity index (χ0) is 17.0. The van der Waals surface area contributed by atoms with Gasteiger partial charge in [0.25, 0.3) is 11.8 Å². The maximum absolute atomic E-state index is 12.1. The van der Waals surface area contributed by atoms with Gasteiger partial charge in [0.05, 0.1) is 17.2 Å². The second-order valence-corrected chi connectivity index (χ2v) is 5.56. The first-order valence-corrected chi connectivity index (χ1v) is 7.38. The van der Waals surface area contributed by atoms with Gasteiger partial charge < -0.3 is 4.74 Å². The quantitative estimate of drug-likeness (QED) is 0.832. The zero-order valence-corrected chi connectivity index (χ0v) is 14.0. The van der Waals surface area contributed by atoms with Gasteiger partial charge in [-0.1, -0.05) is 40.9 Å². The number of ether oxygens (including phenoxy) is 1. The lowest BCUT2D eigenvalue weighted by Gasteiger charge is -2.10. The molecule has 0 aliphatic rings. The van der Waals surface area contributed by atoms with E-state index >= 15 is 0 Å². The van der Waals surface area contributed by atoms with E-state index in [0.29, 0.717) is 5.56 Å². The van der Waals surface area contributed by atoms with Crippen LogP contribution in [0.4, 0.5) is 0 Å². The molecule has 0 atom stereocenters. The van der Waals surface area contributed by atoms with Crippen LogP contribution in [0.15, 0.2) is 36.4 Å². The molecule has 5 nitrogen and oxygen atoms in total. The van der Waals surface area contributed by atoms with Crippen LogP contribution in [0.2, 0.25) is 10.0 Å². The Morgan fingerprint density at radius 1 is 0.913 bits per heavy atom. The first-order valence-electron chi connectivity index (χ1n) is 6.62. The van der Waals surface area contributed by atoms with Gasteiger partial charge in [-0.15, -0.1) is 0 Å². The number of carbonyl (C=O) groups is 2. The SMILES string of the molecule is COc1c(Cl)cc(C(=O)NNC(=O)c2ccc(C)cc2)cc1Cl. The van der Waals surface area contributed by atoms with E-state index in [4.69, 9.17) is 27.9 Å². The van der Waals surface area contributed by atoms with Gasteiger partial charge in [-0.2, -0.15) is 0 Å². The molecule has 2 aromatic carbocycles. The maximum atomic E-state index is 12.1. The third-order valence-electron chi connectivity index (χ3n) is 3.07. The largest absolute Gasteiger partial charge is 0.494 e. The van der Waals surface area contributed by atoms with Gasteiger partial charge in [0, 0.05) is 11.1 Å². The molecule has 7 heteroatoms. The van der Waals surface area contributed by atoms with Crippen LogP contribution in [-0.2, 0) is 0 Å². The van der Waals surface area contributed by atoms with Gasteiger partial charge in [-0.05, 0) is 31.2 Å². The predicted octanol–water partition coefficient (Wildman–Crippen LogP) is 3.39. The number of methoxy groups -OCH3 is 1. The third kappa shape index (κ3) is 4.15. The lowest BCUT2D eigenvalue weighted by Crippen LogP contribution is -2.41. The van der Waals surface area contributed by atoms with E-state index in [1.807, 2.05) is 6.92 Å². The first kappa shape index (κ1) is 17.1. The Hall–Kier alpha value is -2.24. The van der Waals surface area contributed by atoms with Crippen molar-refractivity contribution in [3.8, 4) is 5.75 Å². The van der Waals surface area contributed by atoms with Crippen molar-refractivity contribution in [2.75, 3.05) is 7.11 Å². The van der Waals surface area contributed by atoms with Crippen LogP contribution in [0.1, 0.15) is 26.3 Å². The molecule has 0 aliphatic heterocycles. The fraction of sp³-hybridized carbons (Fsp3) is 0.125. The molecule has 2 aromatic rings. The molecule has 2 amide bonds. The molecule has 23 heavy (non-hydrogen) atoms. The molecular formula is C16H14Cl2N2O3. The van der Waals surface area contributed by atoms with Crippen molar-refractivity contribution in [1.29, 1.82) is 0 Å². The number of hydrogen-bond donors (Lipinski definition) is 2. The number of halogens is 2. The smallest absolute Gasteiger partial charge is 0.269 e. The fourth-order valence-corrected chi connectivity index (χ4v) is 2.49. The summed E-state index contributed by atoms with van der Waals surface area (Å²) in [7, 11) is 1.43. The minimum atomic E-state index is -0.545. The standard InChI is InChI=1S/C16H14Cl2N2O3/c1-9-3-5-10(6-4-9)15(21)19-20-16(22)11-7-12(17)14(23-2)13(18)8-11/h3-8H,1-2H3,(H,19,21)(H,20,22). The van der Waals surface area contributed by atoms with E-state index < -0.39 is 11.8 Å². The summed E-state index contributed by atoms with van der Waals surface area (Å²) in [6.07, 6.45) is 0. The van der Waals surface area contributed by atoms with Crippen LogP contribution >= 0.6 is 23.2 Å². The summed E-state index contributed by atoms with van der Waals surface area (Å²) in [4.78, 5) is 24.0. The summed E-state index contributed by atoms with van der Waals surface area (Å²) in [6.45, 7) is 1.92. The molecule has 0 spiro atoms. The monoisotopic (exact) mass is 352 g/mol. The second-order valence-electron chi connectivity index (χ2n) is 4.75. The molecule has 2 rings (SSSR count). The summed E-state index contributed by atoms with van der Waals surface area (Å²) in [5.74, 6) is -0.686. The molecule has 0 saturated heterocycles. The summed E-state index contributed by atoms with van der Waals surface area (Å²) < 4.78 is 5.01. The van der Waals surface area contributed by atoms with Gasteiger partial charge in [-0.25, -0.2) is 0 Å². The van der Waals surface area contributed by atoms with Gasteiger partial charge in [0.15, 0.2) is 5.75 Å². The minimum absolute atomic E-state index is 0.199. The van der Waals surface area contributed by atoms with E-state index in [1.54, 1.807) is 24.3 Å². The van der Waals surface area contributed by atoms with E-state index in [2.05, 4.69) is 10.9 Å². The van der Waals surface area contributed by atoms with Crippen molar-refractivity contribution < 1.29 is 14.3 Å². The molecule has 2 N–H and O–H groups in total. The molecule has 0 unspecified atom stereocenters. The Kier molecular flexibility index (Phi) is 5.47. The Labute approximate surface area is 143 Å². The first-order chi connectivity index (χ1) is 10.9. The number of benzene rings is 2. The zero-order valence-electron chi connectivity index (χ0n) is 12.4. The number of hydrazine groups is 1. The van der Waals surface area contributed by atoms with Crippen LogP contribution < -0.4 is 15.6 Å². The van der Waals surface area contributed by atoms with Gasteiger partial charge in [0.2, 0.25) is 0 Å². The summed E-state index contributed by atoms with van der Waals surface area (Å²) in [5.41, 5.74) is 6.30. The average molecular weight is 353 g/mol. The number of hydrogen-bond acceptors (Lipinski definition) is 3. The number of nitrogens with one attached hydrogen (secondary N) is 2. The van der Waals surface area contributed by atoms with Gasteiger partial charge in [-0.3, -0.25) is 20.4 Å². The number of amides is 2. The van der Waals surface area contributed by atoms with Crippen molar-refractivity contribution in [3.63, 3.8) is 0 Å². The molecule has 0 aliphatic carbocycles. The van der Waals surface area contributed by atoms with Gasteiger partial charge >= 0.3 is 0 Å². The van der Waals surface area contributed by atoms with Crippen molar-refractivity contribution in [1.82, 2.24) is 10.9 Å². The van der Waals surface area contributed by atoms with Crippen molar-refractivity contribution in [3.05, 3.63) is 63.1 Å². The van der Waals surface area contributed by atoms with Crippen molar-refractivity contribution in [2.24, 2.45) is 0 Å². The molecule has 0 saturated carbocycles. The Bertz CT molecular complexity index is 722. The summed E-state index contributed by atoms with van der Waals surface area (Å²) >= 11 is 12.0. The highest BCUT2D eigenvalue weighted by Gasteiger charge is 2.14. The van der Waals surface area contributed by atoms with Crippen LogP contribution in [0, 0.1) is 6.92 Å². The Morgan fingerprint density at radius 3 is 1.87 bits per heavy atom. The van der Waals surface area contributed by atoms with E-state index in [0.717, 1.165) is 5.56 Å². The molecule has 120 valence electrons. The summed E-state index contributed by atoms with van der Waals surface area (Å²) in [5, 5.41) is 0.407. The van der Waals surface area contributed by atoms with E-state index in [1.165, 1.54) is 19.2 Å².